The van der Waals surface area contributed by atoms with E-state index in [2.05, 4.69) is 31.2 Å². The zero-order valence-corrected chi connectivity index (χ0v) is 10.9. The summed E-state index contributed by atoms with van der Waals surface area (Å²) in [5.74, 6) is 0.236. The Labute approximate surface area is 108 Å². The number of hydrogen-bond acceptors (Lipinski definition) is 6. The van der Waals surface area contributed by atoms with Crippen LogP contribution >= 0.6 is 15.9 Å². The molecule has 0 amide bonds. The Balaban J connectivity index is 2.02. The van der Waals surface area contributed by atoms with E-state index < -0.39 is 6.23 Å². The molecule has 1 saturated heterocycles. The smallest absolute Gasteiger partial charge is 0.152 e. The first-order chi connectivity index (χ1) is 8.16. The van der Waals surface area contributed by atoms with Crippen molar-refractivity contribution in [3.05, 3.63) is 16.5 Å². The number of nitrogens with zero attached hydrogens (tertiary/aromatic N) is 2. The molecule has 0 aromatic carbocycles. The van der Waals surface area contributed by atoms with Gasteiger partial charge in [-0.1, -0.05) is 0 Å². The van der Waals surface area contributed by atoms with Gasteiger partial charge in [0.1, 0.15) is 16.1 Å². The number of nitrogen functional groups attached to an aromatic ring is 1. The lowest BCUT2D eigenvalue weighted by Gasteiger charge is -2.26. The van der Waals surface area contributed by atoms with Crippen LogP contribution in [0, 0.1) is 0 Å². The first-order valence-electron chi connectivity index (χ1n) is 5.46. The van der Waals surface area contributed by atoms with Gasteiger partial charge in [-0.15, -0.1) is 0 Å². The van der Waals surface area contributed by atoms with Crippen molar-refractivity contribution in [3.63, 3.8) is 0 Å². The Morgan fingerprint density at radius 3 is 2.94 bits per heavy atom. The molecule has 6 nitrogen and oxygen atoms in total. The Morgan fingerprint density at radius 2 is 2.24 bits per heavy atom. The Morgan fingerprint density at radius 1 is 1.53 bits per heavy atom. The summed E-state index contributed by atoms with van der Waals surface area (Å²) < 4.78 is 5.80. The number of hydrogen-bond donors (Lipinski definition) is 3. The van der Waals surface area contributed by atoms with Crippen LogP contribution in [-0.2, 0) is 4.74 Å². The molecule has 0 bridgehead atoms. The summed E-state index contributed by atoms with van der Waals surface area (Å²) in [7, 11) is 0. The molecule has 1 aromatic rings. The molecule has 0 aliphatic carbocycles. The van der Waals surface area contributed by atoms with E-state index in [0.717, 1.165) is 12.8 Å². The highest BCUT2D eigenvalue weighted by Crippen LogP contribution is 2.18. The normalized spacial score (nSPS) is 19.2. The predicted molar refractivity (Wildman–Crippen MR) is 66.1 cm³/mol. The Kier molecular flexibility index (Phi) is 4.27. The number of aromatic nitrogens is 2. The summed E-state index contributed by atoms with van der Waals surface area (Å²) in [6, 6.07) is 0.221. The van der Waals surface area contributed by atoms with Crippen LogP contribution < -0.4 is 11.1 Å². The monoisotopic (exact) mass is 302 g/mol. The summed E-state index contributed by atoms with van der Waals surface area (Å²) in [5.41, 5.74) is 6.03. The lowest BCUT2D eigenvalue weighted by molar-refractivity contribution is 0.0480. The number of aliphatic hydroxyl groups is 1. The Hall–Kier alpha value is -0.760. The molecule has 2 rings (SSSR count). The summed E-state index contributed by atoms with van der Waals surface area (Å²) >= 11 is 3.20. The molecule has 1 aliphatic heterocycles. The first kappa shape index (κ1) is 12.7. The van der Waals surface area contributed by atoms with E-state index in [1.54, 1.807) is 0 Å². The van der Waals surface area contributed by atoms with Crippen molar-refractivity contribution >= 4 is 21.7 Å². The molecule has 1 aromatic heterocycles. The average molecular weight is 303 g/mol. The molecule has 1 fully saturated rings. The number of aliphatic hydroxyl groups excluding tert-OH is 1. The molecular weight excluding hydrogens is 288 g/mol. The maximum absolute atomic E-state index is 10.0. The van der Waals surface area contributed by atoms with Crippen LogP contribution in [0.4, 0.5) is 5.82 Å². The van der Waals surface area contributed by atoms with Crippen molar-refractivity contribution in [2.45, 2.75) is 25.1 Å². The fraction of sp³-hybridized carbons (Fsp3) is 0.600. The second-order valence-electron chi connectivity index (χ2n) is 3.92. The zero-order chi connectivity index (χ0) is 12.3. The molecule has 1 unspecified atom stereocenters. The van der Waals surface area contributed by atoms with E-state index in [4.69, 9.17) is 10.5 Å². The Bertz CT molecular complexity index is 385. The summed E-state index contributed by atoms with van der Waals surface area (Å²) in [4.78, 5) is 8.06. The maximum atomic E-state index is 10.0. The fourth-order valence-corrected chi connectivity index (χ4v) is 2.05. The minimum atomic E-state index is -0.900. The predicted octanol–water partition coefficient (Wildman–Crippen LogP) is 0.581. The van der Waals surface area contributed by atoms with Gasteiger partial charge in [0.25, 0.3) is 0 Å². The molecule has 17 heavy (non-hydrogen) atoms. The van der Waals surface area contributed by atoms with Crippen molar-refractivity contribution in [3.8, 4) is 0 Å². The highest BCUT2D eigenvalue weighted by Gasteiger charge is 2.20. The van der Waals surface area contributed by atoms with Gasteiger partial charge in [-0.05, 0) is 28.8 Å². The van der Waals surface area contributed by atoms with E-state index in [1.807, 2.05) is 0 Å². The summed E-state index contributed by atoms with van der Waals surface area (Å²) in [5, 5.41) is 13.1. The van der Waals surface area contributed by atoms with Gasteiger partial charge >= 0.3 is 0 Å². The molecular formula is C10H15BrN4O2. The van der Waals surface area contributed by atoms with Gasteiger partial charge in [0.05, 0.1) is 6.20 Å². The largest absolute Gasteiger partial charge is 0.382 e. The lowest BCUT2D eigenvalue weighted by atomic mass is 10.1. The van der Waals surface area contributed by atoms with Crippen LogP contribution in [0.25, 0.3) is 0 Å². The van der Waals surface area contributed by atoms with E-state index in [0.29, 0.717) is 23.5 Å². The van der Waals surface area contributed by atoms with Crippen LogP contribution in [0.2, 0.25) is 0 Å². The summed E-state index contributed by atoms with van der Waals surface area (Å²) in [6.45, 7) is 1.42. The SMILES string of the molecule is Nc1ncc(Br)nc1C(O)NC1CCOCC1. The zero-order valence-electron chi connectivity index (χ0n) is 9.27. The van der Waals surface area contributed by atoms with E-state index in [1.165, 1.54) is 6.20 Å². The van der Waals surface area contributed by atoms with Gasteiger partial charge in [0.2, 0.25) is 0 Å². The van der Waals surface area contributed by atoms with Crippen molar-refractivity contribution in [1.82, 2.24) is 15.3 Å². The van der Waals surface area contributed by atoms with Gasteiger partial charge in [-0.2, -0.15) is 0 Å². The summed E-state index contributed by atoms with van der Waals surface area (Å²) in [6.07, 6.45) is 2.35. The van der Waals surface area contributed by atoms with Gasteiger partial charge in [-0.3, -0.25) is 5.32 Å². The third-order valence-electron chi connectivity index (χ3n) is 2.67. The fourth-order valence-electron chi connectivity index (χ4n) is 1.76. The van der Waals surface area contributed by atoms with E-state index in [9.17, 15) is 5.11 Å². The van der Waals surface area contributed by atoms with Crippen LogP contribution in [0.3, 0.4) is 0 Å². The minimum Gasteiger partial charge on any atom is -0.382 e. The highest BCUT2D eigenvalue weighted by molar-refractivity contribution is 9.10. The molecule has 7 heteroatoms. The second-order valence-corrected chi connectivity index (χ2v) is 4.73. The third kappa shape index (κ3) is 3.35. The lowest BCUT2D eigenvalue weighted by Crippen LogP contribution is -2.38. The van der Waals surface area contributed by atoms with Crippen molar-refractivity contribution in [1.29, 1.82) is 0 Å². The van der Waals surface area contributed by atoms with E-state index in [-0.39, 0.29) is 11.9 Å². The maximum Gasteiger partial charge on any atom is 0.152 e. The first-order valence-corrected chi connectivity index (χ1v) is 6.26. The van der Waals surface area contributed by atoms with Crippen LogP contribution in [-0.4, -0.2) is 34.3 Å². The average Bonchev–Trinajstić information content (AvgIpc) is 2.33. The van der Waals surface area contributed by atoms with E-state index >= 15 is 0 Å². The molecule has 1 aliphatic rings. The van der Waals surface area contributed by atoms with Gasteiger partial charge in [0.15, 0.2) is 6.23 Å². The molecule has 0 spiro atoms. The number of ether oxygens (including phenoxy) is 1. The highest BCUT2D eigenvalue weighted by atomic mass is 79.9. The van der Waals surface area contributed by atoms with Gasteiger partial charge in [0, 0.05) is 19.3 Å². The second kappa shape index (κ2) is 5.72. The van der Waals surface area contributed by atoms with Crippen LogP contribution in [0.1, 0.15) is 24.8 Å². The van der Waals surface area contributed by atoms with Gasteiger partial charge in [-0.25, -0.2) is 9.97 Å². The quantitative estimate of drug-likeness (QED) is 0.707. The number of nitrogens with one attached hydrogen (secondary N) is 1. The standard InChI is InChI=1S/C10H15BrN4O2/c11-7-5-13-9(12)8(15-7)10(16)14-6-1-3-17-4-2-6/h5-6,10,14,16H,1-4H2,(H2,12,13). The van der Waals surface area contributed by atoms with Crippen molar-refractivity contribution in [2.24, 2.45) is 0 Å². The van der Waals surface area contributed by atoms with Crippen LogP contribution in [0.5, 0.6) is 0 Å². The molecule has 0 saturated carbocycles. The van der Waals surface area contributed by atoms with Crippen LogP contribution in [0.15, 0.2) is 10.8 Å². The number of rotatable bonds is 3. The minimum absolute atomic E-state index is 0.221. The number of halogens is 1. The van der Waals surface area contributed by atoms with Crippen molar-refractivity contribution < 1.29 is 9.84 Å². The number of nitrogens with two attached hydrogens (primary N) is 1. The van der Waals surface area contributed by atoms with Gasteiger partial charge < -0.3 is 15.6 Å². The number of anilines is 1. The molecule has 1 atom stereocenters. The molecule has 0 radical (unpaired) electrons. The molecule has 94 valence electrons. The molecule has 4 N–H and O–H groups in total. The van der Waals surface area contributed by atoms with Crippen molar-refractivity contribution in [2.75, 3.05) is 18.9 Å². The third-order valence-corrected chi connectivity index (χ3v) is 3.06. The molecule has 2 heterocycles. The topological polar surface area (TPSA) is 93.3 Å².